The highest BCUT2D eigenvalue weighted by Gasteiger charge is 2.44. The first-order valence-electron chi connectivity index (χ1n) is 15.7. The Balaban J connectivity index is 1.42. The van der Waals surface area contributed by atoms with Gasteiger partial charge in [0.1, 0.15) is 11.4 Å². The van der Waals surface area contributed by atoms with Crippen LogP contribution in [0, 0.1) is 0 Å². The third kappa shape index (κ3) is 8.26. The molecule has 0 amide bonds. The summed E-state index contributed by atoms with van der Waals surface area (Å²) in [5, 5.41) is 0. The highest BCUT2D eigenvalue weighted by molar-refractivity contribution is 5.80. The molecule has 2 unspecified atom stereocenters. The Hall–Kier alpha value is -3.04. The van der Waals surface area contributed by atoms with Gasteiger partial charge in [-0.2, -0.15) is 0 Å². The first-order chi connectivity index (χ1) is 20.1. The highest BCUT2D eigenvalue weighted by atomic mass is 19.2. The molecule has 4 rings (SSSR count). The van der Waals surface area contributed by atoms with Gasteiger partial charge in [0, 0.05) is 12.2 Å². The van der Waals surface area contributed by atoms with Crippen LogP contribution in [-0.2, 0) is 4.74 Å². The molecular weight excluding hydrogens is 510 g/mol. The second-order valence-electron chi connectivity index (χ2n) is 11.4. The molecule has 0 saturated heterocycles. The van der Waals surface area contributed by atoms with Gasteiger partial charge in [-0.15, -0.1) is 0 Å². The molecule has 0 heterocycles. The summed E-state index contributed by atoms with van der Waals surface area (Å²) >= 11 is 0. The molecule has 0 fully saturated rings. The average molecular weight is 557 g/mol. The third-order valence-corrected chi connectivity index (χ3v) is 8.25. The van der Waals surface area contributed by atoms with Crippen molar-refractivity contribution in [3.8, 4) is 22.3 Å². The molecule has 3 heteroatoms. The molecule has 1 nitrogen and oxygen atoms in total. The smallest absolute Gasteiger partial charge is 0.184 e. The lowest BCUT2D eigenvalue weighted by Gasteiger charge is -2.36. The van der Waals surface area contributed by atoms with E-state index in [4.69, 9.17) is 4.74 Å². The lowest BCUT2D eigenvalue weighted by Crippen LogP contribution is -2.43. The first-order valence-corrected chi connectivity index (χ1v) is 15.7. The number of halogens is 2. The Morgan fingerprint density at radius 3 is 1.68 bits per heavy atom. The van der Waals surface area contributed by atoms with E-state index < -0.39 is 17.6 Å². The maximum atomic E-state index is 15.9. The minimum Gasteiger partial charge on any atom is -0.367 e. The van der Waals surface area contributed by atoms with Crippen molar-refractivity contribution in [1.29, 1.82) is 0 Å². The monoisotopic (exact) mass is 556 g/mol. The fourth-order valence-electron chi connectivity index (χ4n) is 5.68. The molecule has 3 aromatic rings. The van der Waals surface area contributed by atoms with Gasteiger partial charge in [-0.25, -0.2) is 8.78 Å². The molecule has 0 spiro atoms. The van der Waals surface area contributed by atoms with E-state index >= 15 is 8.78 Å². The van der Waals surface area contributed by atoms with Gasteiger partial charge in [-0.05, 0) is 46.7 Å². The first kappa shape index (κ1) is 30.9. The Morgan fingerprint density at radius 1 is 0.610 bits per heavy atom. The standard InChI is InChI=1S/C38H46F2O/c1-3-5-7-8-9-10-15-29-41-38(27-14-6-4-2)28-26-35(36(39)37(38)40)34-24-22-33(23-25-34)32-20-18-31(19-21-32)30-16-12-11-13-17-30/h11-13,16-26,28,37H,3-10,14-15,27,29H2,1-2H3. The van der Waals surface area contributed by atoms with Gasteiger partial charge in [0.15, 0.2) is 6.17 Å². The van der Waals surface area contributed by atoms with Crippen LogP contribution in [0.25, 0.3) is 27.8 Å². The molecule has 218 valence electrons. The molecule has 0 aromatic heterocycles. The van der Waals surface area contributed by atoms with Gasteiger partial charge in [0.25, 0.3) is 0 Å². The molecule has 0 aliphatic heterocycles. The van der Waals surface area contributed by atoms with Crippen molar-refractivity contribution in [2.24, 2.45) is 0 Å². The quantitative estimate of drug-likeness (QED) is 0.159. The number of benzene rings is 3. The SMILES string of the molecule is CCCCCCCCCOC1(CCCCC)C=CC(c2ccc(-c3ccc(-c4ccccc4)cc3)cc2)=C(F)C1F. The minimum atomic E-state index is -1.80. The normalized spacial score (nSPS) is 18.7. The molecule has 0 radical (unpaired) electrons. The molecule has 0 bridgehead atoms. The summed E-state index contributed by atoms with van der Waals surface area (Å²) in [7, 11) is 0. The van der Waals surface area contributed by atoms with Crippen molar-refractivity contribution in [3.05, 3.63) is 102 Å². The van der Waals surface area contributed by atoms with E-state index in [9.17, 15) is 0 Å². The van der Waals surface area contributed by atoms with Gasteiger partial charge in [0.05, 0.1) is 0 Å². The number of hydrogen-bond donors (Lipinski definition) is 0. The summed E-state index contributed by atoms with van der Waals surface area (Å²) in [5.41, 5.74) is 4.25. The maximum Gasteiger partial charge on any atom is 0.184 e. The zero-order chi connectivity index (χ0) is 28.9. The molecule has 1 aliphatic carbocycles. The van der Waals surface area contributed by atoms with E-state index in [0.29, 0.717) is 24.2 Å². The number of ether oxygens (including phenoxy) is 1. The molecule has 3 aromatic carbocycles. The maximum absolute atomic E-state index is 15.9. The van der Waals surface area contributed by atoms with Crippen LogP contribution in [0.4, 0.5) is 8.78 Å². The third-order valence-electron chi connectivity index (χ3n) is 8.25. The Morgan fingerprint density at radius 2 is 1.10 bits per heavy atom. The van der Waals surface area contributed by atoms with Crippen LogP contribution in [0.15, 0.2) is 96.8 Å². The van der Waals surface area contributed by atoms with Gasteiger partial charge in [-0.1, -0.05) is 157 Å². The Labute approximate surface area is 246 Å². The average Bonchev–Trinajstić information content (AvgIpc) is 3.02. The zero-order valence-electron chi connectivity index (χ0n) is 24.9. The van der Waals surface area contributed by atoms with Crippen molar-refractivity contribution in [2.75, 3.05) is 6.61 Å². The van der Waals surface area contributed by atoms with Crippen LogP contribution >= 0.6 is 0 Å². The Bertz CT molecular complexity index is 1240. The van der Waals surface area contributed by atoms with Crippen molar-refractivity contribution in [2.45, 2.75) is 96.2 Å². The number of allylic oxidation sites excluding steroid dienone is 2. The van der Waals surface area contributed by atoms with E-state index in [-0.39, 0.29) is 0 Å². The van der Waals surface area contributed by atoms with Crippen LogP contribution in [0.2, 0.25) is 0 Å². The second-order valence-corrected chi connectivity index (χ2v) is 11.4. The number of unbranched alkanes of at least 4 members (excludes halogenated alkanes) is 8. The van der Waals surface area contributed by atoms with E-state index in [1.54, 1.807) is 12.2 Å². The zero-order valence-corrected chi connectivity index (χ0v) is 24.9. The van der Waals surface area contributed by atoms with Crippen molar-refractivity contribution in [1.82, 2.24) is 0 Å². The summed E-state index contributed by atoms with van der Waals surface area (Å²) in [6, 6.07) is 26.4. The fraction of sp³-hybridized carbons (Fsp3) is 0.421. The minimum absolute atomic E-state index is 0.314. The molecule has 0 N–H and O–H groups in total. The summed E-state index contributed by atoms with van der Waals surface area (Å²) in [5.74, 6) is -0.719. The summed E-state index contributed by atoms with van der Waals surface area (Å²) < 4.78 is 37.8. The van der Waals surface area contributed by atoms with E-state index in [2.05, 4.69) is 50.2 Å². The van der Waals surface area contributed by atoms with E-state index in [1.165, 1.54) is 37.7 Å². The molecule has 0 saturated carbocycles. The number of rotatable bonds is 16. The van der Waals surface area contributed by atoms with Crippen molar-refractivity contribution >= 4 is 5.57 Å². The van der Waals surface area contributed by atoms with Crippen LogP contribution in [0.5, 0.6) is 0 Å². The highest BCUT2D eigenvalue weighted by Crippen LogP contribution is 2.41. The lowest BCUT2D eigenvalue weighted by molar-refractivity contribution is -0.0651. The summed E-state index contributed by atoms with van der Waals surface area (Å²) in [6.45, 7) is 4.80. The van der Waals surface area contributed by atoms with Crippen LogP contribution in [0.3, 0.4) is 0 Å². The number of alkyl halides is 1. The van der Waals surface area contributed by atoms with E-state index in [1.807, 2.05) is 42.5 Å². The van der Waals surface area contributed by atoms with Gasteiger partial charge >= 0.3 is 0 Å². The fourth-order valence-corrected chi connectivity index (χ4v) is 5.68. The van der Waals surface area contributed by atoms with Crippen molar-refractivity contribution < 1.29 is 13.5 Å². The predicted molar refractivity (Wildman–Crippen MR) is 170 cm³/mol. The molecule has 41 heavy (non-hydrogen) atoms. The van der Waals surface area contributed by atoms with Crippen LogP contribution in [-0.4, -0.2) is 18.4 Å². The number of hydrogen-bond acceptors (Lipinski definition) is 1. The van der Waals surface area contributed by atoms with Gasteiger partial charge < -0.3 is 4.74 Å². The van der Waals surface area contributed by atoms with Crippen LogP contribution in [0.1, 0.15) is 90.0 Å². The molecular formula is C38H46F2O. The summed E-state index contributed by atoms with van der Waals surface area (Å²) in [4.78, 5) is 0. The lowest BCUT2D eigenvalue weighted by atomic mass is 9.83. The van der Waals surface area contributed by atoms with E-state index in [0.717, 1.165) is 48.8 Å². The molecule has 2 atom stereocenters. The largest absolute Gasteiger partial charge is 0.367 e. The van der Waals surface area contributed by atoms with Gasteiger partial charge in [0.2, 0.25) is 0 Å². The van der Waals surface area contributed by atoms with Gasteiger partial charge in [-0.3, -0.25) is 0 Å². The second kappa shape index (κ2) is 15.8. The Kier molecular flexibility index (Phi) is 11.9. The topological polar surface area (TPSA) is 9.23 Å². The molecule has 1 aliphatic rings. The summed E-state index contributed by atoms with van der Waals surface area (Å²) in [6.07, 6.45) is 13.2. The van der Waals surface area contributed by atoms with Crippen LogP contribution < -0.4 is 0 Å². The predicted octanol–water partition coefficient (Wildman–Crippen LogP) is 11.7. The van der Waals surface area contributed by atoms with Crippen molar-refractivity contribution in [3.63, 3.8) is 0 Å².